The second-order valence-corrected chi connectivity index (χ2v) is 6.51. The first kappa shape index (κ1) is 28.5. The van der Waals surface area contributed by atoms with Crippen molar-refractivity contribution in [3.63, 3.8) is 0 Å². The van der Waals surface area contributed by atoms with Crippen molar-refractivity contribution in [2.45, 2.75) is 52.4 Å². The molecule has 0 heterocycles. The predicted molar refractivity (Wildman–Crippen MR) is 114 cm³/mol. The van der Waals surface area contributed by atoms with Crippen molar-refractivity contribution < 1.29 is 45.7 Å². The van der Waals surface area contributed by atoms with E-state index in [4.69, 9.17) is 9.47 Å². The first-order valence-corrected chi connectivity index (χ1v) is 10.3. The molecular weight excluding hydrogens is 440 g/mol. The number of carbonyl (C=O) groups is 4. The standard InChI is InChI=1S/2C12H15O3.Fe/c2*1-2-15-12(14)9-5-8-11(13)10-6-3-4-7-10;/h2*3-4,6-7H,2,5,8-9H2,1H3;/q-5;-1;. The molecule has 0 bridgehead atoms. The molecule has 0 atom stereocenters. The van der Waals surface area contributed by atoms with Crippen LogP contribution in [0.25, 0.3) is 0 Å². The Bertz CT molecular complexity index is 696. The first-order valence-electron chi connectivity index (χ1n) is 10.3. The molecule has 0 aliphatic carbocycles. The van der Waals surface area contributed by atoms with Crippen LogP contribution in [0.15, 0.2) is 48.5 Å². The van der Waals surface area contributed by atoms with Crippen LogP contribution in [0.5, 0.6) is 0 Å². The molecule has 6 nitrogen and oxygen atoms in total. The van der Waals surface area contributed by atoms with E-state index in [1.807, 2.05) is 24.3 Å². The number of ether oxygens (including phenoxy) is 2. The Morgan fingerprint density at radius 1 is 0.742 bits per heavy atom. The van der Waals surface area contributed by atoms with E-state index >= 15 is 0 Å². The Labute approximate surface area is 194 Å². The van der Waals surface area contributed by atoms with E-state index in [9.17, 15) is 19.2 Å². The Kier molecular flexibility index (Phi) is 15.8. The monoisotopic (exact) mass is 470 g/mol. The van der Waals surface area contributed by atoms with Gasteiger partial charge in [-0.1, -0.05) is 12.0 Å². The number of rotatable bonds is 12. The average Bonchev–Trinajstić information content (AvgIpc) is 3.43. The molecule has 0 aliphatic heterocycles. The van der Waals surface area contributed by atoms with Crippen molar-refractivity contribution in [3.05, 3.63) is 59.7 Å². The summed E-state index contributed by atoms with van der Waals surface area (Å²) in [6.07, 6.45) is 2.57. The summed E-state index contributed by atoms with van der Waals surface area (Å²) in [4.78, 5) is 44.9. The van der Waals surface area contributed by atoms with E-state index < -0.39 is 0 Å². The quantitative estimate of drug-likeness (QED) is 0.194. The molecule has 0 saturated carbocycles. The third kappa shape index (κ3) is 12.7. The fourth-order valence-electron chi connectivity index (χ4n) is 2.66. The maximum absolute atomic E-state index is 11.5. The predicted octanol–water partition coefficient (Wildman–Crippen LogP) is 4.64. The van der Waals surface area contributed by atoms with Crippen LogP contribution in [0.3, 0.4) is 0 Å². The zero-order valence-corrected chi connectivity index (χ0v) is 19.2. The number of carbonyl (C=O) groups excluding carboxylic acids is 4. The van der Waals surface area contributed by atoms with Crippen LogP contribution in [-0.4, -0.2) is 36.7 Å². The maximum Gasteiger partial charge on any atom is 0.305 e. The van der Waals surface area contributed by atoms with Crippen molar-refractivity contribution in [2.75, 3.05) is 13.2 Å². The zero-order chi connectivity index (χ0) is 22.2. The normalized spacial score (nSPS) is 9.61. The van der Waals surface area contributed by atoms with Crippen LogP contribution in [0.4, 0.5) is 0 Å². The van der Waals surface area contributed by atoms with Crippen molar-refractivity contribution in [2.24, 2.45) is 0 Å². The van der Waals surface area contributed by atoms with Crippen molar-refractivity contribution in [1.82, 2.24) is 0 Å². The van der Waals surface area contributed by atoms with Gasteiger partial charge in [-0.25, -0.2) is 12.1 Å². The number of ketones is 2. The fourth-order valence-corrected chi connectivity index (χ4v) is 2.66. The zero-order valence-electron chi connectivity index (χ0n) is 18.1. The van der Waals surface area contributed by atoms with Crippen molar-refractivity contribution in [1.29, 1.82) is 0 Å². The molecule has 0 unspecified atom stereocenters. The summed E-state index contributed by atoms with van der Waals surface area (Å²) in [5.41, 5.74) is 1.44. The molecule has 0 amide bonds. The van der Waals surface area contributed by atoms with Gasteiger partial charge in [0, 0.05) is 29.9 Å². The minimum absolute atomic E-state index is 0. The Hall–Kier alpha value is -2.50. The van der Waals surface area contributed by atoms with Gasteiger partial charge in [0.15, 0.2) is 0 Å². The molecule has 2 rings (SSSR count). The second-order valence-electron chi connectivity index (χ2n) is 6.51. The summed E-state index contributed by atoms with van der Waals surface area (Å²) in [7, 11) is 0. The van der Waals surface area contributed by atoms with Crippen molar-refractivity contribution >= 4 is 23.5 Å². The van der Waals surface area contributed by atoms with Gasteiger partial charge in [0.25, 0.3) is 0 Å². The van der Waals surface area contributed by atoms with E-state index in [1.54, 1.807) is 38.1 Å². The Morgan fingerprint density at radius 2 is 1.19 bits per heavy atom. The van der Waals surface area contributed by atoms with Gasteiger partial charge in [0.1, 0.15) is 5.78 Å². The summed E-state index contributed by atoms with van der Waals surface area (Å²) in [6.45, 7) is 4.34. The topological polar surface area (TPSA) is 86.7 Å². The molecule has 0 fully saturated rings. The largest absolute Gasteiger partial charge is 0.718 e. The summed E-state index contributed by atoms with van der Waals surface area (Å²) in [5, 5.41) is 0. The van der Waals surface area contributed by atoms with E-state index in [0.29, 0.717) is 51.7 Å². The molecule has 176 valence electrons. The summed E-state index contributed by atoms with van der Waals surface area (Å²) in [6, 6.07) is 14.5. The third-order valence-corrected chi connectivity index (χ3v) is 4.15. The van der Waals surface area contributed by atoms with Crippen LogP contribution >= 0.6 is 0 Å². The second kappa shape index (κ2) is 17.2. The molecule has 0 radical (unpaired) electrons. The molecule has 2 aromatic carbocycles. The van der Waals surface area contributed by atoms with Crippen LogP contribution in [0.2, 0.25) is 0 Å². The van der Waals surface area contributed by atoms with Crippen LogP contribution in [-0.2, 0) is 36.1 Å². The van der Waals surface area contributed by atoms with E-state index in [1.165, 1.54) is 0 Å². The van der Waals surface area contributed by atoms with Gasteiger partial charge in [0.2, 0.25) is 0 Å². The summed E-state index contributed by atoms with van der Waals surface area (Å²) < 4.78 is 9.53. The number of hydrogen-bond acceptors (Lipinski definition) is 6. The van der Waals surface area contributed by atoms with Crippen LogP contribution < -0.4 is 0 Å². The number of hydrogen-bond donors (Lipinski definition) is 0. The molecule has 2 aromatic rings. The van der Waals surface area contributed by atoms with E-state index in [-0.39, 0.29) is 40.6 Å². The van der Waals surface area contributed by atoms with Gasteiger partial charge in [-0.3, -0.25) is 15.4 Å². The van der Waals surface area contributed by atoms with Crippen molar-refractivity contribution in [3.8, 4) is 0 Å². The Morgan fingerprint density at radius 3 is 1.65 bits per heavy atom. The summed E-state index contributed by atoms with van der Waals surface area (Å²) >= 11 is 0. The van der Waals surface area contributed by atoms with Crippen LogP contribution in [0.1, 0.15) is 73.1 Å². The molecule has 0 aromatic heterocycles. The van der Waals surface area contributed by atoms with Gasteiger partial charge >= 0.3 is 11.9 Å². The number of Topliss-reactive ketones (excluding diaryl/α,β-unsaturated/α-hetero) is 2. The molecule has 0 saturated heterocycles. The molecule has 0 N–H and O–H groups in total. The molecular formula is C24H30FeO6-6. The molecule has 0 spiro atoms. The van der Waals surface area contributed by atoms with Gasteiger partial charge < -0.3 is 48.9 Å². The van der Waals surface area contributed by atoms with Gasteiger partial charge in [-0.2, -0.15) is 12.1 Å². The number of esters is 2. The SMILES string of the molecule is CCOC(=O)CCCC(=O)[c-]1[cH-][cH-][cH-][cH-]1.CCOC(=O)CCCC(=O)[c-]1cccc1.[Fe]. The minimum Gasteiger partial charge on any atom is -0.718 e. The Balaban J connectivity index is 0.000000562. The molecule has 7 heteroatoms. The van der Waals surface area contributed by atoms with Gasteiger partial charge in [0.05, 0.1) is 13.2 Å². The third-order valence-electron chi connectivity index (χ3n) is 4.15. The fraction of sp³-hybridized carbons (Fsp3) is 0.417. The van der Waals surface area contributed by atoms with Crippen LogP contribution in [0, 0.1) is 0 Å². The first-order chi connectivity index (χ1) is 14.5. The summed E-state index contributed by atoms with van der Waals surface area (Å²) in [5.74, 6) is -0.283. The van der Waals surface area contributed by atoms with E-state index in [2.05, 4.69) is 0 Å². The van der Waals surface area contributed by atoms with Gasteiger partial charge in [-0.05, 0) is 26.7 Å². The minimum atomic E-state index is -0.229. The average molecular weight is 470 g/mol. The van der Waals surface area contributed by atoms with Gasteiger partial charge in [-0.15, -0.1) is 6.42 Å². The molecule has 31 heavy (non-hydrogen) atoms. The maximum atomic E-state index is 11.5. The molecule has 0 aliphatic rings. The van der Waals surface area contributed by atoms with E-state index in [0.717, 1.165) is 11.1 Å². The smallest absolute Gasteiger partial charge is 0.305 e.